The van der Waals surface area contributed by atoms with E-state index in [4.69, 9.17) is 28.9 Å². The van der Waals surface area contributed by atoms with Crippen LogP contribution in [0.4, 0.5) is 0 Å². The van der Waals surface area contributed by atoms with E-state index in [0.717, 1.165) is 5.56 Å². The van der Waals surface area contributed by atoms with Gasteiger partial charge in [0.25, 0.3) is 0 Å². The third-order valence-corrected chi connectivity index (χ3v) is 1.96. The Morgan fingerprint density at radius 2 is 1.82 bits per heavy atom. The van der Waals surface area contributed by atoms with Crippen molar-refractivity contribution in [3.8, 4) is 0 Å². The SMILES string of the molecule is Cl.NCc1ccc(Cl)c(Cl)c1. The Balaban J connectivity index is 0.000001000. The van der Waals surface area contributed by atoms with Gasteiger partial charge in [0.1, 0.15) is 0 Å². The highest BCUT2D eigenvalue weighted by atomic mass is 35.5. The number of hydrogen-bond donors (Lipinski definition) is 1. The molecule has 0 fully saturated rings. The maximum Gasteiger partial charge on any atom is 0.0595 e. The summed E-state index contributed by atoms with van der Waals surface area (Å²) in [5.74, 6) is 0. The maximum atomic E-state index is 5.71. The number of rotatable bonds is 1. The van der Waals surface area contributed by atoms with E-state index in [-0.39, 0.29) is 12.4 Å². The molecule has 0 aliphatic carbocycles. The molecular formula is C7H8Cl3N. The molecule has 1 nitrogen and oxygen atoms in total. The molecule has 11 heavy (non-hydrogen) atoms. The van der Waals surface area contributed by atoms with Crippen LogP contribution in [0.2, 0.25) is 10.0 Å². The van der Waals surface area contributed by atoms with Gasteiger partial charge in [-0.2, -0.15) is 0 Å². The minimum atomic E-state index is 0. The molecule has 0 atom stereocenters. The van der Waals surface area contributed by atoms with Crippen LogP contribution < -0.4 is 5.73 Å². The summed E-state index contributed by atoms with van der Waals surface area (Å²) >= 11 is 11.4. The van der Waals surface area contributed by atoms with E-state index >= 15 is 0 Å². The van der Waals surface area contributed by atoms with Crippen molar-refractivity contribution in [2.24, 2.45) is 5.73 Å². The van der Waals surface area contributed by atoms with E-state index in [1.54, 1.807) is 12.1 Å². The van der Waals surface area contributed by atoms with Crippen LogP contribution in [0, 0.1) is 0 Å². The Hall–Kier alpha value is 0.0500. The molecule has 4 heteroatoms. The first-order chi connectivity index (χ1) is 4.74. The van der Waals surface area contributed by atoms with E-state index in [1.165, 1.54) is 0 Å². The second-order valence-corrected chi connectivity index (χ2v) is 2.77. The van der Waals surface area contributed by atoms with Crippen LogP contribution in [0.15, 0.2) is 18.2 Å². The third kappa shape index (κ3) is 2.88. The Kier molecular flexibility index (Phi) is 4.86. The third-order valence-electron chi connectivity index (χ3n) is 1.22. The highest BCUT2D eigenvalue weighted by molar-refractivity contribution is 6.41. The molecular weight excluding hydrogens is 204 g/mol. The molecule has 0 amide bonds. The molecule has 0 aromatic heterocycles. The van der Waals surface area contributed by atoms with Crippen LogP contribution in [-0.4, -0.2) is 0 Å². The second kappa shape index (κ2) is 4.83. The molecule has 2 N–H and O–H groups in total. The van der Waals surface area contributed by atoms with Crippen molar-refractivity contribution in [1.29, 1.82) is 0 Å². The molecule has 1 aromatic carbocycles. The average Bonchev–Trinajstić information content (AvgIpc) is 1.95. The molecule has 0 bridgehead atoms. The highest BCUT2D eigenvalue weighted by Crippen LogP contribution is 2.21. The molecule has 62 valence electrons. The largest absolute Gasteiger partial charge is 0.326 e. The lowest BCUT2D eigenvalue weighted by Gasteiger charge is -1.97. The molecule has 0 unspecified atom stereocenters. The minimum absolute atomic E-state index is 0. The van der Waals surface area contributed by atoms with Crippen molar-refractivity contribution in [1.82, 2.24) is 0 Å². The number of benzene rings is 1. The van der Waals surface area contributed by atoms with Crippen LogP contribution in [-0.2, 0) is 6.54 Å². The van der Waals surface area contributed by atoms with Gasteiger partial charge in [-0.05, 0) is 17.7 Å². The van der Waals surface area contributed by atoms with E-state index < -0.39 is 0 Å². The van der Waals surface area contributed by atoms with E-state index in [9.17, 15) is 0 Å². The predicted octanol–water partition coefficient (Wildman–Crippen LogP) is 2.87. The summed E-state index contributed by atoms with van der Waals surface area (Å²) in [5, 5.41) is 1.13. The zero-order chi connectivity index (χ0) is 7.56. The number of hydrogen-bond acceptors (Lipinski definition) is 1. The summed E-state index contributed by atoms with van der Waals surface area (Å²) in [6.45, 7) is 0.497. The van der Waals surface area contributed by atoms with E-state index in [0.29, 0.717) is 16.6 Å². The van der Waals surface area contributed by atoms with Crippen LogP contribution in [0.3, 0.4) is 0 Å². The molecule has 1 aromatic rings. The molecule has 0 saturated heterocycles. The van der Waals surface area contributed by atoms with Crippen LogP contribution in [0.25, 0.3) is 0 Å². The van der Waals surface area contributed by atoms with Gasteiger partial charge in [0.15, 0.2) is 0 Å². The zero-order valence-electron chi connectivity index (χ0n) is 5.68. The fourth-order valence-electron chi connectivity index (χ4n) is 0.667. The zero-order valence-corrected chi connectivity index (χ0v) is 8.01. The first-order valence-corrected chi connectivity index (χ1v) is 3.63. The van der Waals surface area contributed by atoms with Crippen molar-refractivity contribution in [3.63, 3.8) is 0 Å². The number of nitrogens with two attached hydrogens (primary N) is 1. The van der Waals surface area contributed by atoms with Gasteiger partial charge in [-0.15, -0.1) is 12.4 Å². The van der Waals surface area contributed by atoms with Gasteiger partial charge in [-0.25, -0.2) is 0 Å². The Morgan fingerprint density at radius 1 is 1.18 bits per heavy atom. The van der Waals surface area contributed by atoms with E-state index in [2.05, 4.69) is 0 Å². The van der Waals surface area contributed by atoms with Gasteiger partial charge in [0.2, 0.25) is 0 Å². The van der Waals surface area contributed by atoms with E-state index in [1.807, 2.05) is 6.07 Å². The van der Waals surface area contributed by atoms with Crippen LogP contribution >= 0.6 is 35.6 Å². The average molecular weight is 213 g/mol. The van der Waals surface area contributed by atoms with Crippen molar-refractivity contribution in [3.05, 3.63) is 33.8 Å². The Labute approximate surface area is 81.9 Å². The summed E-state index contributed by atoms with van der Waals surface area (Å²) in [6, 6.07) is 5.37. The predicted molar refractivity (Wildman–Crippen MR) is 51.6 cm³/mol. The summed E-state index contributed by atoms with van der Waals surface area (Å²) in [5.41, 5.74) is 6.36. The lowest BCUT2D eigenvalue weighted by molar-refractivity contribution is 1.07. The summed E-state index contributed by atoms with van der Waals surface area (Å²) < 4.78 is 0. The summed E-state index contributed by atoms with van der Waals surface area (Å²) in [7, 11) is 0. The number of halogens is 3. The fourth-order valence-corrected chi connectivity index (χ4v) is 0.987. The van der Waals surface area contributed by atoms with Gasteiger partial charge < -0.3 is 5.73 Å². The first kappa shape index (κ1) is 11.1. The maximum absolute atomic E-state index is 5.71. The van der Waals surface area contributed by atoms with Crippen LogP contribution in [0.5, 0.6) is 0 Å². The smallest absolute Gasteiger partial charge is 0.0595 e. The van der Waals surface area contributed by atoms with Gasteiger partial charge >= 0.3 is 0 Å². The Morgan fingerprint density at radius 3 is 2.27 bits per heavy atom. The molecule has 0 radical (unpaired) electrons. The normalized spacial score (nSPS) is 9.00. The fraction of sp³-hybridized carbons (Fsp3) is 0.143. The second-order valence-electron chi connectivity index (χ2n) is 1.95. The lowest BCUT2D eigenvalue weighted by Crippen LogP contribution is -1.95. The summed E-state index contributed by atoms with van der Waals surface area (Å²) in [6.07, 6.45) is 0. The van der Waals surface area contributed by atoms with Crippen molar-refractivity contribution < 1.29 is 0 Å². The molecule has 0 saturated carbocycles. The van der Waals surface area contributed by atoms with Crippen molar-refractivity contribution >= 4 is 35.6 Å². The van der Waals surface area contributed by atoms with Crippen molar-refractivity contribution in [2.45, 2.75) is 6.54 Å². The molecule has 0 spiro atoms. The monoisotopic (exact) mass is 211 g/mol. The standard InChI is InChI=1S/C7H7Cl2N.ClH/c8-6-2-1-5(4-10)3-7(6)9;/h1-3H,4,10H2;1H. The molecule has 0 heterocycles. The quantitative estimate of drug-likeness (QED) is 0.761. The van der Waals surface area contributed by atoms with Gasteiger partial charge in [-0.1, -0.05) is 29.3 Å². The topological polar surface area (TPSA) is 26.0 Å². The van der Waals surface area contributed by atoms with Gasteiger partial charge in [-0.3, -0.25) is 0 Å². The van der Waals surface area contributed by atoms with Crippen molar-refractivity contribution in [2.75, 3.05) is 0 Å². The Bertz CT molecular complexity index is 237. The molecule has 0 aliphatic heterocycles. The van der Waals surface area contributed by atoms with Gasteiger partial charge in [0, 0.05) is 6.54 Å². The van der Waals surface area contributed by atoms with Gasteiger partial charge in [0.05, 0.1) is 10.0 Å². The van der Waals surface area contributed by atoms with Crippen LogP contribution in [0.1, 0.15) is 5.56 Å². The summed E-state index contributed by atoms with van der Waals surface area (Å²) in [4.78, 5) is 0. The molecule has 1 rings (SSSR count). The molecule has 0 aliphatic rings. The first-order valence-electron chi connectivity index (χ1n) is 2.88. The minimum Gasteiger partial charge on any atom is -0.326 e. The highest BCUT2D eigenvalue weighted by Gasteiger charge is 1.96. The lowest BCUT2D eigenvalue weighted by atomic mass is 10.2.